The minimum Gasteiger partial charge on any atom is -0.480 e. The molecule has 0 fully saturated rings. The van der Waals surface area contributed by atoms with Gasteiger partial charge >= 0.3 is 0 Å². The van der Waals surface area contributed by atoms with Crippen LogP contribution in [0.5, 0.6) is 5.88 Å². The van der Waals surface area contributed by atoms with Crippen LogP contribution in [-0.2, 0) is 6.42 Å². The molecule has 16 heavy (non-hydrogen) atoms. The van der Waals surface area contributed by atoms with E-state index in [0.29, 0.717) is 23.2 Å². The van der Waals surface area contributed by atoms with Gasteiger partial charge in [-0.2, -0.15) is 10.4 Å². The minimum atomic E-state index is 0.191. The Balaban J connectivity index is 2.25. The first-order chi connectivity index (χ1) is 7.83. The smallest absolute Gasteiger partial charge is 0.233 e. The number of nitriles is 1. The van der Waals surface area contributed by atoms with Crippen LogP contribution in [0.4, 0.5) is 0 Å². The third-order valence-corrected chi connectivity index (χ3v) is 1.86. The molecule has 0 saturated heterocycles. The largest absolute Gasteiger partial charge is 0.480 e. The van der Waals surface area contributed by atoms with Crippen LogP contribution in [0.15, 0.2) is 12.1 Å². The van der Waals surface area contributed by atoms with Crippen molar-refractivity contribution in [2.45, 2.75) is 6.42 Å². The van der Waals surface area contributed by atoms with Crippen LogP contribution in [0.3, 0.4) is 0 Å². The molecule has 7 heteroatoms. The number of rotatable bonds is 3. The Labute approximate surface area is 91.1 Å². The molecule has 0 unspecified atom stereocenters. The van der Waals surface area contributed by atoms with E-state index in [1.807, 2.05) is 6.07 Å². The van der Waals surface area contributed by atoms with Crippen LogP contribution < -0.4 is 4.74 Å². The molecule has 0 aliphatic heterocycles. The fourth-order valence-corrected chi connectivity index (χ4v) is 1.11. The van der Waals surface area contributed by atoms with Gasteiger partial charge in [-0.1, -0.05) is 0 Å². The van der Waals surface area contributed by atoms with Crippen molar-refractivity contribution >= 4 is 0 Å². The highest BCUT2D eigenvalue weighted by atomic mass is 16.5. The second kappa shape index (κ2) is 4.35. The van der Waals surface area contributed by atoms with Gasteiger partial charge in [-0.25, -0.2) is 4.98 Å². The summed E-state index contributed by atoms with van der Waals surface area (Å²) in [5, 5.41) is 22.8. The Morgan fingerprint density at radius 2 is 2.31 bits per heavy atom. The Hall–Kier alpha value is -2.49. The molecule has 0 bridgehead atoms. The zero-order valence-electron chi connectivity index (χ0n) is 8.51. The molecular formula is C9H8N6O. The van der Waals surface area contributed by atoms with E-state index in [4.69, 9.17) is 10.00 Å². The van der Waals surface area contributed by atoms with Crippen LogP contribution in [0.1, 0.15) is 5.82 Å². The van der Waals surface area contributed by atoms with Gasteiger partial charge in [0.05, 0.1) is 19.6 Å². The second-order valence-electron chi connectivity index (χ2n) is 2.90. The molecule has 2 rings (SSSR count). The molecule has 2 aromatic rings. The lowest BCUT2D eigenvalue weighted by molar-refractivity contribution is 0.392. The van der Waals surface area contributed by atoms with Crippen LogP contribution >= 0.6 is 0 Å². The number of methoxy groups -OCH3 is 1. The zero-order chi connectivity index (χ0) is 11.4. The maximum absolute atomic E-state index is 8.49. The Kier molecular flexibility index (Phi) is 2.73. The summed E-state index contributed by atoms with van der Waals surface area (Å²) in [6.07, 6.45) is 0.191. The summed E-state index contributed by atoms with van der Waals surface area (Å²) >= 11 is 0. The van der Waals surface area contributed by atoms with Crippen LogP contribution in [0.2, 0.25) is 0 Å². The van der Waals surface area contributed by atoms with Gasteiger partial charge in [0.2, 0.25) is 11.7 Å². The lowest BCUT2D eigenvalue weighted by Gasteiger charge is -1.96. The Morgan fingerprint density at radius 1 is 1.44 bits per heavy atom. The highest BCUT2D eigenvalue weighted by molar-refractivity contribution is 5.47. The third kappa shape index (κ3) is 1.95. The Bertz CT molecular complexity index is 512. The molecule has 0 radical (unpaired) electrons. The van der Waals surface area contributed by atoms with Gasteiger partial charge in [-0.3, -0.25) is 5.10 Å². The first kappa shape index (κ1) is 10.0. The predicted octanol–water partition coefficient (Wildman–Crippen LogP) is 0.336. The average Bonchev–Trinajstić information content (AvgIpc) is 2.78. The van der Waals surface area contributed by atoms with Crippen molar-refractivity contribution in [2.75, 3.05) is 7.11 Å². The molecule has 0 saturated carbocycles. The van der Waals surface area contributed by atoms with Crippen LogP contribution in [0, 0.1) is 11.3 Å². The number of hydrogen-bond donors (Lipinski definition) is 1. The number of aromatic amines is 1. The number of hydrogen-bond acceptors (Lipinski definition) is 6. The molecule has 0 aliphatic carbocycles. The lowest BCUT2D eigenvalue weighted by atomic mass is 10.4. The standard InChI is InChI=1S/C9H8N6O/c1-16-8-3-2-6(12-14-8)9-11-7(4-5-10)13-15-9/h2-3H,4H2,1H3,(H,11,13,15). The summed E-state index contributed by atoms with van der Waals surface area (Å²) < 4.78 is 4.88. The van der Waals surface area contributed by atoms with Gasteiger partial charge in [-0.15, -0.1) is 10.2 Å². The number of nitrogens with one attached hydrogen (secondary N) is 1. The van der Waals surface area contributed by atoms with Gasteiger partial charge in [-0.05, 0) is 6.07 Å². The summed E-state index contributed by atoms with van der Waals surface area (Å²) in [5.41, 5.74) is 0.529. The molecule has 2 aromatic heterocycles. The molecule has 2 heterocycles. The zero-order valence-corrected chi connectivity index (χ0v) is 8.51. The second-order valence-corrected chi connectivity index (χ2v) is 2.90. The number of ether oxygens (including phenoxy) is 1. The topological polar surface area (TPSA) is 100 Å². The van der Waals surface area contributed by atoms with Gasteiger partial charge in [0.1, 0.15) is 11.5 Å². The van der Waals surface area contributed by atoms with Gasteiger partial charge in [0.25, 0.3) is 0 Å². The number of nitrogens with zero attached hydrogens (tertiary/aromatic N) is 5. The van der Waals surface area contributed by atoms with E-state index in [1.165, 1.54) is 7.11 Å². The quantitative estimate of drug-likeness (QED) is 0.793. The normalized spacial score (nSPS) is 9.75. The summed E-state index contributed by atoms with van der Waals surface area (Å²) in [7, 11) is 1.52. The highest BCUT2D eigenvalue weighted by Gasteiger charge is 2.07. The van der Waals surface area contributed by atoms with Gasteiger partial charge in [0.15, 0.2) is 0 Å². The van der Waals surface area contributed by atoms with Crippen LogP contribution in [-0.4, -0.2) is 32.5 Å². The van der Waals surface area contributed by atoms with E-state index in [-0.39, 0.29) is 6.42 Å². The molecule has 80 valence electrons. The molecule has 0 spiro atoms. The van der Waals surface area contributed by atoms with Crippen molar-refractivity contribution in [3.63, 3.8) is 0 Å². The maximum atomic E-state index is 8.49. The molecule has 7 nitrogen and oxygen atoms in total. The lowest BCUT2D eigenvalue weighted by Crippen LogP contribution is -1.93. The van der Waals surface area contributed by atoms with E-state index < -0.39 is 0 Å². The first-order valence-electron chi connectivity index (χ1n) is 4.50. The van der Waals surface area contributed by atoms with Gasteiger partial charge < -0.3 is 4.74 Å². The predicted molar refractivity (Wildman–Crippen MR) is 53.3 cm³/mol. The number of aromatic nitrogens is 5. The first-order valence-corrected chi connectivity index (χ1v) is 4.50. The van der Waals surface area contributed by atoms with E-state index in [1.54, 1.807) is 12.1 Å². The molecule has 0 aliphatic rings. The van der Waals surface area contributed by atoms with Crippen LogP contribution in [0.25, 0.3) is 11.5 Å². The fourth-order valence-electron chi connectivity index (χ4n) is 1.11. The van der Waals surface area contributed by atoms with E-state index in [9.17, 15) is 0 Å². The van der Waals surface area contributed by atoms with Crippen molar-refractivity contribution in [1.82, 2.24) is 25.4 Å². The Morgan fingerprint density at radius 3 is 2.94 bits per heavy atom. The minimum absolute atomic E-state index is 0.191. The summed E-state index contributed by atoms with van der Waals surface area (Å²) in [6, 6.07) is 5.35. The maximum Gasteiger partial charge on any atom is 0.233 e. The fraction of sp³-hybridized carbons (Fsp3) is 0.222. The monoisotopic (exact) mass is 216 g/mol. The van der Waals surface area contributed by atoms with Gasteiger partial charge in [0, 0.05) is 6.07 Å². The highest BCUT2D eigenvalue weighted by Crippen LogP contribution is 2.12. The van der Waals surface area contributed by atoms with Crippen molar-refractivity contribution in [2.24, 2.45) is 0 Å². The van der Waals surface area contributed by atoms with Crippen molar-refractivity contribution < 1.29 is 4.74 Å². The van der Waals surface area contributed by atoms with E-state index >= 15 is 0 Å². The summed E-state index contributed by atoms with van der Waals surface area (Å²) in [5.74, 6) is 1.35. The summed E-state index contributed by atoms with van der Waals surface area (Å²) in [4.78, 5) is 4.09. The van der Waals surface area contributed by atoms with Crippen molar-refractivity contribution in [1.29, 1.82) is 5.26 Å². The SMILES string of the molecule is COc1ccc(-c2n[nH]c(CC#N)n2)nn1. The molecule has 1 N–H and O–H groups in total. The average molecular weight is 216 g/mol. The van der Waals surface area contributed by atoms with E-state index in [0.717, 1.165) is 0 Å². The number of H-pyrrole nitrogens is 1. The molecular weight excluding hydrogens is 208 g/mol. The van der Waals surface area contributed by atoms with Crippen molar-refractivity contribution in [3.8, 4) is 23.5 Å². The van der Waals surface area contributed by atoms with E-state index in [2.05, 4.69) is 25.4 Å². The van der Waals surface area contributed by atoms with Crippen molar-refractivity contribution in [3.05, 3.63) is 18.0 Å². The molecule has 0 amide bonds. The summed E-state index contributed by atoms with van der Waals surface area (Å²) in [6.45, 7) is 0. The third-order valence-electron chi connectivity index (χ3n) is 1.86. The molecule has 0 aromatic carbocycles. The molecule has 0 atom stereocenters.